The molecule has 1 heterocycles. The molecule has 0 saturated heterocycles. The minimum Gasteiger partial charge on any atom is -0.382 e. The molecule has 4 heteroatoms. The Bertz CT molecular complexity index is 596. The predicted octanol–water partition coefficient (Wildman–Crippen LogP) is 3.26. The summed E-state index contributed by atoms with van der Waals surface area (Å²) in [7, 11) is 0. The number of nitrogens with two attached hydrogens (primary N) is 1. The van der Waals surface area contributed by atoms with Crippen molar-refractivity contribution in [2.24, 2.45) is 0 Å². The Kier molecular flexibility index (Phi) is 2.92. The normalized spacial score (nSPS) is 14.3. The van der Waals surface area contributed by atoms with E-state index >= 15 is 0 Å². The summed E-state index contributed by atoms with van der Waals surface area (Å²) in [4.78, 5) is 0. The highest BCUT2D eigenvalue weighted by Crippen LogP contribution is 2.30. The molecule has 0 spiro atoms. The molecule has 18 heavy (non-hydrogen) atoms. The highest BCUT2D eigenvalue weighted by atomic mass is 35.5. The molecule has 1 aromatic carbocycles. The quantitative estimate of drug-likeness (QED) is 0.855. The van der Waals surface area contributed by atoms with Gasteiger partial charge in [-0.2, -0.15) is 0 Å². The summed E-state index contributed by atoms with van der Waals surface area (Å²) in [6.45, 7) is 0. The Hall–Kier alpha value is -1.61. The number of anilines is 1. The lowest BCUT2D eigenvalue weighted by Gasteiger charge is -2.16. The highest BCUT2D eigenvalue weighted by Gasteiger charge is 2.12. The lowest BCUT2D eigenvalue weighted by Crippen LogP contribution is -2.03. The number of benzene rings is 1. The van der Waals surface area contributed by atoms with Crippen LogP contribution in [0.1, 0.15) is 24.0 Å². The summed E-state index contributed by atoms with van der Waals surface area (Å²) in [5, 5.41) is 7.98. The van der Waals surface area contributed by atoms with Crippen LogP contribution in [0.2, 0.25) is 5.15 Å². The van der Waals surface area contributed by atoms with Crippen LogP contribution < -0.4 is 5.73 Å². The van der Waals surface area contributed by atoms with E-state index in [1.165, 1.54) is 30.4 Å². The smallest absolute Gasteiger partial charge is 0.154 e. The molecule has 2 N–H and O–H groups in total. The maximum Gasteiger partial charge on any atom is 0.154 e. The number of aryl methyl sites for hydroxylation is 2. The van der Waals surface area contributed by atoms with Gasteiger partial charge in [-0.1, -0.05) is 29.8 Å². The van der Waals surface area contributed by atoms with Gasteiger partial charge in [-0.05, 0) is 48.4 Å². The number of rotatable bonds is 1. The molecule has 0 atom stereocenters. The van der Waals surface area contributed by atoms with Gasteiger partial charge in [0.1, 0.15) is 0 Å². The van der Waals surface area contributed by atoms with E-state index in [0.717, 1.165) is 17.5 Å². The van der Waals surface area contributed by atoms with Crippen LogP contribution in [0.5, 0.6) is 0 Å². The second-order valence-corrected chi connectivity index (χ2v) is 5.04. The molecule has 0 radical (unpaired) electrons. The number of aromatic nitrogens is 2. The van der Waals surface area contributed by atoms with Crippen molar-refractivity contribution in [2.45, 2.75) is 25.7 Å². The summed E-state index contributed by atoms with van der Waals surface area (Å²) >= 11 is 5.88. The van der Waals surface area contributed by atoms with Crippen molar-refractivity contribution >= 4 is 17.4 Å². The summed E-state index contributed by atoms with van der Waals surface area (Å²) < 4.78 is 0. The highest BCUT2D eigenvalue weighted by molar-refractivity contribution is 6.29. The number of nitrogens with zero attached hydrogens (tertiary/aromatic N) is 2. The first-order chi connectivity index (χ1) is 8.74. The average Bonchev–Trinajstić information content (AvgIpc) is 2.41. The van der Waals surface area contributed by atoms with Crippen LogP contribution in [0.25, 0.3) is 11.1 Å². The molecular formula is C14H14ClN3. The Balaban J connectivity index is 2.09. The van der Waals surface area contributed by atoms with Gasteiger partial charge in [0.25, 0.3) is 0 Å². The van der Waals surface area contributed by atoms with Crippen molar-refractivity contribution in [2.75, 3.05) is 5.73 Å². The zero-order chi connectivity index (χ0) is 12.5. The van der Waals surface area contributed by atoms with E-state index in [4.69, 9.17) is 17.3 Å². The van der Waals surface area contributed by atoms with E-state index in [0.29, 0.717) is 11.0 Å². The average molecular weight is 260 g/mol. The third-order valence-corrected chi connectivity index (χ3v) is 3.64. The van der Waals surface area contributed by atoms with Gasteiger partial charge < -0.3 is 5.73 Å². The topological polar surface area (TPSA) is 51.8 Å². The first-order valence-electron chi connectivity index (χ1n) is 6.15. The lowest BCUT2D eigenvalue weighted by atomic mass is 9.89. The van der Waals surface area contributed by atoms with Gasteiger partial charge >= 0.3 is 0 Å². The monoisotopic (exact) mass is 259 g/mol. The third-order valence-electron chi connectivity index (χ3n) is 3.45. The molecule has 0 amide bonds. The van der Waals surface area contributed by atoms with Gasteiger partial charge in [-0.15, -0.1) is 10.2 Å². The van der Waals surface area contributed by atoms with Gasteiger partial charge in [0.2, 0.25) is 0 Å². The Morgan fingerprint density at radius 1 is 1.00 bits per heavy atom. The molecule has 3 rings (SSSR count). The molecule has 0 saturated carbocycles. The zero-order valence-electron chi connectivity index (χ0n) is 9.99. The fourth-order valence-corrected chi connectivity index (χ4v) is 2.66. The van der Waals surface area contributed by atoms with Crippen LogP contribution in [0.15, 0.2) is 24.3 Å². The lowest BCUT2D eigenvalue weighted by molar-refractivity contribution is 0.686. The first kappa shape index (κ1) is 11.5. The third kappa shape index (κ3) is 2.06. The largest absolute Gasteiger partial charge is 0.382 e. The standard InChI is InChI=1S/C14H14ClN3/c15-13-8-12(14(16)18-17-13)11-6-5-9-3-1-2-4-10(9)7-11/h5-8H,1-4H2,(H2,16,18). The second kappa shape index (κ2) is 4.58. The van der Waals surface area contributed by atoms with Crippen molar-refractivity contribution in [3.8, 4) is 11.1 Å². The van der Waals surface area contributed by atoms with Gasteiger partial charge in [0.05, 0.1) is 0 Å². The summed E-state index contributed by atoms with van der Waals surface area (Å²) in [5.74, 6) is 0.426. The summed E-state index contributed by atoms with van der Waals surface area (Å²) in [5.41, 5.74) is 10.7. The molecular weight excluding hydrogens is 246 g/mol. The van der Waals surface area contributed by atoms with Crippen LogP contribution in [-0.2, 0) is 12.8 Å². The maximum atomic E-state index is 5.88. The van der Waals surface area contributed by atoms with E-state index in [9.17, 15) is 0 Å². The SMILES string of the molecule is Nc1nnc(Cl)cc1-c1ccc2c(c1)CCCC2. The van der Waals surface area contributed by atoms with Crippen LogP contribution in [0, 0.1) is 0 Å². The van der Waals surface area contributed by atoms with Crippen molar-refractivity contribution in [3.63, 3.8) is 0 Å². The number of fused-ring (bicyclic) bond motifs is 1. The fourth-order valence-electron chi connectivity index (χ4n) is 2.51. The molecule has 0 aliphatic heterocycles. The summed E-state index contributed by atoms with van der Waals surface area (Å²) in [6, 6.07) is 8.26. The Morgan fingerprint density at radius 2 is 1.78 bits per heavy atom. The molecule has 2 aromatic rings. The van der Waals surface area contributed by atoms with E-state index in [-0.39, 0.29) is 0 Å². The molecule has 0 fully saturated rings. The fraction of sp³-hybridized carbons (Fsp3) is 0.286. The van der Waals surface area contributed by atoms with Gasteiger partial charge in [-0.3, -0.25) is 0 Å². The number of nitrogen functional groups attached to an aromatic ring is 1. The van der Waals surface area contributed by atoms with Crippen molar-refractivity contribution in [3.05, 3.63) is 40.5 Å². The zero-order valence-corrected chi connectivity index (χ0v) is 10.7. The van der Waals surface area contributed by atoms with Crippen LogP contribution in [0.4, 0.5) is 5.82 Å². The minimum absolute atomic E-state index is 0.372. The second-order valence-electron chi connectivity index (χ2n) is 4.66. The number of halogens is 1. The summed E-state index contributed by atoms with van der Waals surface area (Å²) in [6.07, 6.45) is 4.88. The molecule has 1 aromatic heterocycles. The number of hydrogen-bond acceptors (Lipinski definition) is 3. The Morgan fingerprint density at radius 3 is 2.61 bits per heavy atom. The predicted molar refractivity (Wildman–Crippen MR) is 73.5 cm³/mol. The molecule has 1 aliphatic carbocycles. The van der Waals surface area contributed by atoms with E-state index < -0.39 is 0 Å². The minimum atomic E-state index is 0.372. The molecule has 92 valence electrons. The first-order valence-corrected chi connectivity index (χ1v) is 6.53. The van der Waals surface area contributed by atoms with Crippen LogP contribution in [0.3, 0.4) is 0 Å². The van der Waals surface area contributed by atoms with Crippen molar-refractivity contribution in [1.82, 2.24) is 10.2 Å². The van der Waals surface area contributed by atoms with Crippen molar-refractivity contribution < 1.29 is 0 Å². The van der Waals surface area contributed by atoms with Gasteiger partial charge in [-0.25, -0.2) is 0 Å². The van der Waals surface area contributed by atoms with E-state index in [2.05, 4.69) is 28.4 Å². The van der Waals surface area contributed by atoms with E-state index in [1.807, 2.05) is 0 Å². The molecule has 1 aliphatic rings. The van der Waals surface area contributed by atoms with Crippen LogP contribution in [-0.4, -0.2) is 10.2 Å². The number of hydrogen-bond donors (Lipinski definition) is 1. The Labute approximate surface area is 111 Å². The van der Waals surface area contributed by atoms with Crippen LogP contribution >= 0.6 is 11.6 Å². The molecule has 0 bridgehead atoms. The van der Waals surface area contributed by atoms with Gasteiger partial charge in [0, 0.05) is 5.56 Å². The van der Waals surface area contributed by atoms with E-state index in [1.54, 1.807) is 6.07 Å². The molecule has 3 nitrogen and oxygen atoms in total. The van der Waals surface area contributed by atoms with Crippen molar-refractivity contribution in [1.29, 1.82) is 0 Å². The maximum absolute atomic E-state index is 5.88. The molecule has 0 unspecified atom stereocenters. The van der Waals surface area contributed by atoms with Gasteiger partial charge in [0.15, 0.2) is 11.0 Å².